The fraction of sp³-hybridized carbons (Fsp3) is 0.308. The van der Waals surface area contributed by atoms with Gasteiger partial charge in [0.15, 0.2) is 0 Å². The molecule has 1 aromatic carbocycles. The average Bonchev–Trinajstić information content (AvgIpc) is 2.45. The maximum atomic E-state index is 12.9. The maximum absolute atomic E-state index is 12.9. The standard InChI is InChI=1S/C13H11F3O2S2/c14-13(15,16)11-7-9(12(17)18)8-3-1-2-4-10(8)19-5-6-20-11/h1-4,7,11H,5-6H2,(H,17,18). The molecule has 1 unspecified atom stereocenters. The SMILES string of the molecule is O=C(O)C1=CC(C(F)(F)F)SCCSc2ccccc21. The average molecular weight is 320 g/mol. The quantitative estimate of drug-likeness (QED) is 0.851. The molecule has 1 aliphatic heterocycles. The number of aliphatic carboxylic acids is 1. The number of rotatable bonds is 1. The normalized spacial score (nSPS) is 20.1. The number of hydrogen-bond donors (Lipinski definition) is 1. The van der Waals surface area contributed by atoms with Crippen LogP contribution in [0.4, 0.5) is 13.2 Å². The Balaban J connectivity index is 2.54. The molecule has 0 radical (unpaired) electrons. The van der Waals surface area contributed by atoms with Crippen molar-refractivity contribution in [2.24, 2.45) is 0 Å². The molecule has 20 heavy (non-hydrogen) atoms. The van der Waals surface area contributed by atoms with Crippen LogP contribution in [0.2, 0.25) is 0 Å². The van der Waals surface area contributed by atoms with E-state index in [1.54, 1.807) is 24.3 Å². The van der Waals surface area contributed by atoms with E-state index in [0.717, 1.165) is 17.8 Å². The molecule has 0 spiro atoms. The highest BCUT2D eigenvalue weighted by Crippen LogP contribution is 2.38. The molecule has 0 aromatic heterocycles. The Morgan fingerprint density at radius 3 is 2.60 bits per heavy atom. The van der Waals surface area contributed by atoms with Crippen LogP contribution in [-0.4, -0.2) is 34.0 Å². The van der Waals surface area contributed by atoms with Crippen LogP contribution in [0, 0.1) is 0 Å². The number of benzene rings is 1. The lowest BCUT2D eigenvalue weighted by Crippen LogP contribution is -2.25. The number of carboxylic acids is 1. The first kappa shape index (κ1) is 15.3. The van der Waals surface area contributed by atoms with Gasteiger partial charge in [0.2, 0.25) is 0 Å². The van der Waals surface area contributed by atoms with Crippen molar-refractivity contribution in [3.8, 4) is 0 Å². The van der Waals surface area contributed by atoms with E-state index in [1.165, 1.54) is 11.8 Å². The molecule has 1 N–H and O–H groups in total. The second-order valence-electron chi connectivity index (χ2n) is 4.06. The smallest absolute Gasteiger partial charge is 0.403 e. The van der Waals surface area contributed by atoms with Gasteiger partial charge in [-0.1, -0.05) is 18.2 Å². The summed E-state index contributed by atoms with van der Waals surface area (Å²) >= 11 is 2.10. The van der Waals surface area contributed by atoms with E-state index in [2.05, 4.69) is 0 Å². The summed E-state index contributed by atoms with van der Waals surface area (Å²) in [5, 5.41) is 7.43. The molecule has 7 heteroatoms. The Hall–Kier alpha value is -1.08. The molecule has 2 rings (SSSR count). The summed E-state index contributed by atoms with van der Waals surface area (Å²) < 4.78 is 38.8. The lowest BCUT2D eigenvalue weighted by Gasteiger charge is -2.16. The van der Waals surface area contributed by atoms with E-state index in [9.17, 15) is 23.1 Å². The third kappa shape index (κ3) is 3.52. The van der Waals surface area contributed by atoms with E-state index < -0.39 is 17.4 Å². The van der Waals surface area contributed by atoms with E-state index in [4.69, 9.17) is 0 Å². The van der Waals surface area contributed by atoms with Gasteiger partial charge in [-0.2, -0.15) is 13.2 Å². The van der Waals surface area contributed by atoms with Crippen LogP contribution in [0.25, 0.3) is 5.57 Å². The molecular weight excluding hydrogens is 309 g/mol. The van der Waals surface area contributed by atoms with Gasteiger partial charge in [-0.25, -0.2) is 4.79 Å². The van der Waals surface area contributed by atoms with Crippen LogP contribution >= 0.6 is 23.5 Å². The second-order valence-corrected chi connectivity index (χ2v) is 6.45. The lowest BCUT2D eigenvalue weighted by atomic mass is 10.0. The summed E-state index contributed by atoms with van der Waals surface area (Å²) in [6.45, 7) is 0. The summed E-state index contributed by atoms with van der Waals surface area (Å²) in [7, 11) is 0. The molecule has 0 aliphatic carbocycles. The van der Waals surface area contributed by atoms with E-state index in [-0.39, 0.29) is 5.57 Å². The van der Waals surface area contributed by atoms with Gasteiger partial charge in [0, 0.05) is 22.0 Å². The molecule has 0 fully saturated rings. The third-order valence-electron chi connectivity index (χ3n) is 2.69. The van der Waals surface area contributed by atoms with Crippen LogP contribution in [0.5, 0.6) is 0 Å². The first-order chi connectivity index (χ1) is 9.39. The number of carbonyl (C=O) groups is 1. The number of carboxylic acid groups (broad SMARTS) is 1. The molecule has 1 aromatic rings. The Morgan fingerprint density at radius 2 is 1.95 bits per heavy atom. The molecule has 2 nitrogen and oxygen atoms in total. The number of thioether (sulfide) groups is 2. The summed E-state index contributed by atoms with van der Waals surface area (Å²) in [5.41, 5.74) is 0.0616. The highest BCUT2D eigenvalue weighted by Gasteiger charge is 2.39. The van der Waals surface area contributed by atoms with Gasteiger partial charge in [-0.15, -0.1) is 23.5 Å². The van der Waals surface area contributed by atoms with Crippen molar-refractivity contribution < 1.29 is 23.1 Å². The summed E-state index contributed by atoms with van der Waals surface area (Å²) in [4.78, 5) is 12.0. The summed E-state index contributed by atoms with van der Waals surface area (Å²) in [5.74, 6) is -0.517. The molecule has 0 saturated heterocycles. The van der Waals surface area contributed by atoms with Crippen molar-refractivity contribution in [3.05, 3.63) is 35.9 Å². The summed E-state index contributed by atoms with van der Waals surface area (Å²) in [6.07, 6.45) is -3.63. The van der Waals surface area contributed by atoms with Gasteiger partial charge in [0.25, 0.3) is 0 Å². The predicted molar refractivity (Wildman–Crippen MR) is 75.1 cm³/mol. The van der Waals surface area contributed by atoms with Crippen molar-refractivity contribution in [3.63, 3.8) is 0 Å². The van der Waals surface area contributed by atoms with Crippen LogP contribution < -0.4 is 0 Å². The number of fused-ring (bicyclic) bond motifs is 1. The van der Waals surface area contributed by atoms with Gasteiger partial charge >= 0.3 is 12.1 Å². The highest BCUT2D eigenvalue weighted by molar-refractivity contribution is 8.03. The Bertz CT molecular complexity index is 541. The predicted octanol–water partition coefficient (Wildman–Crippen LogP) is 3.92. The zero-order chi connectivity index (χ0) is 14.8. The minimum absolute atomic E-state index is 0.287. The number of alkyl halides is 3. The van der Waals surface area contributed by atoms with Crippen molar-refractivity contribution in [2.45, 2.75) is 16.3 Å². The Kier molecular flexibility index (Phi) is 4.70. The highest BCUT2D eigenvalue weighted by atomic mass is 32.2. The first-order valence-corrected chi connectivity index (χ1v) is 7.78. The van der Waals surface area contributed by atoms with Crippen LogP contribution in [0.15, 0.2) is 35.2 Å². The molecular formula is C13H11F3O2S2. The van der Waals surface area contributed by atoms with Crippen LogP contribution in [0.1, 0.15) is 5.56 Å². The summed E-state index contributed by atoms with van der Waals surface area (Å²) in [6, 6.07) is 6.66. The monoisotopic (exact) mass is 320 g/mol. The minimum atomic E-state index is -4.45. The third-order valence-corrected chi connectivity index (χ3v) is 5.22. The van der Waals surface area contributed by atoms with Crippen molar-refractivity contribution in [1.29, 1.82) is 0 Å². The molecule has 1 aliphatic rings. The molecule has 108 valence electrons. The maximum Gasteiger partial charge on any atom is 0.403 e. The molecule has 0 saturated carbocycles. The van der Waals surface area contributed by atoms with Crippen molar-refractivity contribution >= 4 is 35.1 Å². The van der Waals surface area contributed by atoms with Crippen molar-refractivity contribution in [2.75, 3.05) is 11.5 Å². The first-order valence-electron chi connectivity index (χ1n) is 5.75. The van der Waals surface area contributed by atoms with E-state index in [1.807, 2.05) is 0 Å². The fourth-order valence-corrected chi connectivity index (χ4v) is 3.93. The van der Waals surface area contributed by atoms with Crippen LogP contribution in [-0.2, 0) is 4.79 Å². The topological polar surface area (TPSA) is 37.3 Å². The van der Waals surface area contributed by atoms with Gasteiger partial charge < -0.3 is 5.11 Å². The lowest BCUT2D eigenvalue weighted by molar-refractivity contribution is -0.130. The van der Waals surface area contributed by atoms with Crippen LogP contribution in [0.3, 0.4) is 0 Å². The Labute approximate surface area is 122 Å². The van der Waals surface area contributed by atoms with E-state index >= 15 is 0 Å². The van der Waals surface area contributed by atoms with Gasteiger partial charge in [-0.05, 0) is 12.1 Å². The largest absolute Gasteiger partial charge is 0.478 e. The zero-order valence-corrected chi connectivity index (χ0v) is 11.8. The Morgan fingerprint density at radius 1 is 1.25 bits per heavy atom. The molecule has 0 amide bonds. The minimum Gasteiger partial charge on any atom is -0.478 e. The number of hydrogen-bond acceptors (Lipinski definition) is 3. The molecule has 1 heterocycles. The van der Waals surface area contributed by atoms with Gasteiger partial charge in [0.1, 0.15) is 5.25 Å². The number of halogens is 3. The van der Waals surface area contributed by atoms with Gasteiger partial charge in [0.05, 0.1) is 5.57 Å². The second kappa shape index (κ2) is 6.13. The van der Waals surface area contributed by atoms with Crippen molar-refractivity contribution in [1.82, 2.24) is 0 Å². The van der Waals surface area contributed by atoms with Gasteiger partial charge in [-0.3, -0.25) is 0 Å². The molecule has 1 atom stereocenters. The fourth-order valence-electron chi connectivity index (χ4n) is 1.81. The zero-order valence-electron chi connectivity index (χ0n) is 10.2. The van der Waals surface area contributed by atoms with E-state index in [0.29, 0.717) is 22.0 Å². The molecule has 0 bridgehead atoms.